The van der Waals surface area contributed by atoms with Crippen molar-refractivity contribution in [3.63, 3.8) is 0 Å². The van der Waals surface area contributed by atoms with E-state index in [0.29, 0.717) is 12.4 Å². The average Bonchev–Trinajstić information content (AvgIpc) is 2.81. The second-order valence-electron chi connectivity index (χ2n) is 4.47. The monoisotopic (exact) mass is 281 g/mol. The first-order chi connectivity index (χ1) is 9.10. The van der Waals surface area contributed by atoms with Gasteiger partial charge in [-0.25, -0.2) is 9.37 Å². The van der Waals surface area contributed by atoms with Gasteiger partial charge in [0.15, 0.2) is 0 Å². The van der Waals surface area contributed by atoms with Gasteiger partial charge in [0.1, 0.15) is 23.2 Å². The summed E-state index contributed by atoms with van der Waals surface area (Å²) >= 11 is 1.45. The Morgan fingerprint density at radius 1 is 1.32 bits per heavy atom. The Hall–Kier alpha value is -1.46. The Balaban J connectivity index is 2.05. The summed E-state index contributed by atoms with van der Waals surface area (Å²) in [6.45, 7) is 4.41. The van der Waals surface area contributed by atoms with E-state index in [1.807, 2.05) is 13.8 Å². The largest absolute Gasteiger partial charge is 0.486 e. The summed E-state index contributed by atoms with van der Waals surface area (Å²) in [4.78, 5) is 5.35. The zero-order chi connectivity index (χ0) is 13.8. The molecule has 2 rings (SSSR count). The first-order valence-corrected chi connectivity index (χ1v) is 6.89. The van der Waals surface area contributed by atoms with E-state index in [-0.39, 0.29) is 18.3 Å². The number of aromatic nitrogens is 1. The van der Waals surface area contributed by atoms with Crippen LogP contribution >= 0.6 is 11.3 Å². The van der Waals surface area contributed by atoms with E-state index < -0.39 is 0 Å². The molecule has 1 N–H and O–H groups in total. The van der Waals surface area contributed by atoms with Crippen LogP contribution in [-0.2, 0) is 13.2 Å². The van der Waals surface area contributed by atoms with Crippen molar-refractivity contribution in [3.05, 3.63) is 45.7 Å². The Bertz CT molecular complexity index is 537. The summed E-state index contributed by atoms with van der Waals surface area (Å²) in [6, 6.07) is 5.88. The quantitative estimate of drug-likeness (QED) is 0.912. The molecule has 19 heavy (non-hydrogen) atoms. The summed E-state index contributed by atoms with van der Waals surface area (Å²) in [7, 11) is 0. The highest BCUT2D eigenvalue weighted by molar-refractivity contribution is 7.11. The number of halogens is 1. The molecule has 1 aromatic heterocycles. The molecule has 0 spiro atoms. The van der Waals surface area contributed by atoms with Gasteiger partial charge < -0.3 is 9.84 Å². The molecular formula is C14H16FNO2S. The third-order valence-electron chi connectivity index (χ3n) is 2.64. The molecule has 2 aromatic rings. The fourth-order valence-corrected chi connectivity index (χ4v) is 2.71. The summed E-state index contributed by atoms with van der Waals surface area (Å²) in [5, 5.41) is 10.1. The topological polar surface area (TPSA) is 42.4 Å². The number of hydrogen-bond donors (Lipinski definition) is 1. The van der Waals surface area contributed by atoms with Crippen LogP contribution in [0, 0.1) is 5.82 Å². The molecule has 0 unspecified atom stereocenters. The fraction of sp³-hybridized carbons (Fsp3) is 0.357. The second-order valence-corrected chi connectivity index (χ2v) is 5.64. The van der Waals surface area contributed by atoms with Gasteiger partial charge in [0.25, 0.3) is 0 Å². The van der Waals surface area contributed by atoms with Crippen LogP contribution in [0.4, 0.5) is 4.39 Å². The molecule has 0 saturated heterocycles. The zero-order valence-corrected chi connectivity index (χ0v) is 11.7. The van der Waals surface area contributed by atoms with Crippen molar-refractivity contribution < 1.29 is 14.2 Å². The minimum absolute atomic E-state index is 0.00171. The van der Waals surface area contributed by atoms with Gasteiger partial charge >= 0.3 is 0 Å². The molecule has 0 saturated carbocycles. The van der Waals surface area contributed by atoms with Gasteiger partial charge in [-0.1, -0.05) is 13.8 Å². The molecule has 3 nitrogen and oxygen atoms in total. The Morgan fingerprint density at radius 3 is 2.53 bits per heavy atom. The predicted octanol–water partition coefficient (Wildman–Crippen LogP) is 3.48. The third-order valence-corrected chi connectivity index (χ3v) is 3.67. The van der Waals surface area contributed by atoms with Gasteiger partial charge in [0.05, 0.1) is 17.2 Å². The second kappa shape index (κ2) is 6.12. The van der Waals surface area contributed by atoms with Crippen LogP contribution in [0.3, 0.4) is 0 Å². The van der Waals surface area contributed by atoms with Crippen molar-refractivity contribution in [1.82, 2.24) is 4.98 Å². The lowest BCUT2D eigenvalue weighted by Crippen LogP contribution is -1.97. The smallest absolute Gasteiger partial charge is 0.140 e. The van der Waals surface area contributed by atoms with E-state index in [9.17, 15) is 9.50 Å². The van der Waals surface area contributed by atoms with Gasteiger partial charge in [-0.3, -0.25) is 0 Å². The molecule has 5 heteroatoms. The lowest BCUT2D eigenvalue weighted by atomic mass is 10.1. The van der Waals surface area contributed by atoms with Crippen molar-refractivity contribution in [2.75, 3.05) is 0 Å². The standard InChI is InChI=1S/C14H16FNO2S/c1-9(2)14-12(7-17)19-13(16-14)8-18-11-5-3-10(15)4-6-11/h3-6,9,17H,7-8H2,1-2H3. The lowest BCUT2D eigenvalue weighted by molar-refractivity contribution is 0.283. The molecule has 0 fully saturated rings. The van der Waals surface area contributed by atoms with Crippen molar-refractivity contribution in [3.8, 4) is 5.75 Å². The molecule has 0 bridgehead atoms. The fourth-order valence-electron chi connectivity index (χ4n) is 1.72. The number of ether oxygens (including phenoxy) is 1. The van der Waals surface area contributed by atoms with E-state index in [1.54, 1.807) is 12.1 Å². The van der Waals surface area contributed by atoms with Crippen molar-refractivity contribution in [2.45, 2.75) is 33.0 Å². The van der Waals surface area contributed by atoms with Gasteiger partial charge in [0, 0.05) is 0 Å². The van der Waals surface area contributed by atoms with Crippen LogP contribution in [0.15, 0.2) is 24.3 Å². The van der Waals surface area contributed by atoms with E-state index in [1.165, 1.54) is 23.5 Å². The summed E-state index contributed by atoms with van der Waals surface area (Å²) < 4.78 is 18.3. The van der Waals surface area contributed by atoms with Crippen LogP contribution < -0.4 is 4.74 Å². The average molecular weight is 281 g/mol. The maximum atomic E-state index is 12.7. The number of aliphatic hydroxyl groups is 1. The number of benzene rings is 1. The van der Waals surface area contributed by atoms with E-state index >= 15 is 0 Å². The molecule has 0 aliphatic rings. The Morgan fingerprint density at radius 2 is 2.00 bits per heavy atom. The van der Waals surface area contributed by atoms with Crippen molar-refractivity contribution in [1.29, 1.82) is 0 Å². The molecule has 0 amide bonds. The molecule has 0 aliphatic carbocycles. The highest BCUT2D eigenvalue weighted by Gasteiger charge is 2.13. The maximum absolute atomic E-state index is 12.7. The Labute approximate surface area is 115 Å². The summed E-state index contributed by atoms with van der Waals surface area (Å²) in [5.41, 5.74) is 0.921. The number of thiazole rings is 1. The van der Waals surface area contributed by atoms with Gasteiger partial charge in [-0.05, 0) is 30.2 Å². The molecule has 1 heterocycles. The van der Waals surface area contributed by atoms with Crippen molar-refractivity contribution >= 4 is 11.3 Å². The summed E-state index contributed by atoms with van der Waals surface area (Å²) in [5.74, 6) is 0.595. The normalized spacial score (nSPS) is 11.0. The van der Waals surface area contributed by atoms with Crippen LogP contribution in [-0.4, -0.2) is 10.1 Å². The van der Waals surface area contributed by atoms with Crippen LogP contribution in [0.2, 0.25) is 0 Å². The molecule has 0 radical (unpaired) electrons. The maximum Gasteiger partial charge on any atom is 0.140 e. The molecule has 0 aliphatic heterocycles. The lowest BCUT2D eigenvalue weighted by Gasteiger charge is -2.03. The molecule has 0 atom stereocenters. The van der Waals surface area contributed by atoms with E-state index in [2.05, 4.69) is 4.98 Å². The minimum Gasteiger partial charge on any atom is -0.486 e. The molecule has 1 aromatic carbocycles. The third kappa shape index (κ3) is 3.52. The van der Waals surface area contributed by atoms with E-state index in [4.69, 9.17) is 4.74 Å². The van der Waals surface area contributed by atoms with Gasteiger partial charge in [-0.15, -0.1) is 11.3 Å². The van der Waals surface area contributed by atoms with E-state index in [0.717, 1.165) is 15.6 Å². The highest BCUT2D eigenvalue weighted by atomic mass is 32.1. The van der Waals surface area contributed by atoms with Crippen LogP contribution in [0.5, 0.6) is 5.75 Å². The first kappa shape index (κ1) is 14.0. The van der Waals surface area contributed by atoms with Gasteiger partial charge in [-0.2, -0.15) is 0 Å². The first-order valence-electron chi connectivity index (χ1n) is 6.08. The number of rotatable bonds is 5. The zero-order valence-electron chi connectivity index (χ0n) is 10.9. The molecule has 102 valence electrons. The van der Waals surface area contributed by atoms with Crippen LogP contribution in [0.25, 0.3) is 0 Å². The number of nitrogens with zero attached hydrogens (tertiary/aromatic N) is 1. The van der Waals surface area contributed by atoms with Crippen molar-refractivity contribution in [2.24, 2.45) is 0 Å². The highest BCUT2D eigenvalue weighted by Crippen LogP contribution is 2.26. The van der Waals surface area contributed by atoms with Gasteiger partial charge in [0.2, 0.25) is 0 Å². The SMILES string of the molecule is CC(C)c1nc(COc2ccc(F)cc2)sc1CO. The van der Waals surface area contributed by atoms with Crippen LogP contribution in [0.1, 0.15) is 35.3 Å². The number of hydrogen-bond acceptors (Lipinski definition) is 4. The predicted molar refractivity (Wildman–Crippen MR) is 72.9 cm³/mol. The number of aliphatic hydroxyl groups excluding tert-OH is 1. The summed E-state index contributed by atoms with van der Waals surface area (Å²) in [6.07, 6.45) is 0. The molecular weight excluding hydrogens is 265 g/mol. The minimum atomic E-state index is -0.286. The Kier molecular flexibility index (Phi) is 4.50.